The summed E-state index contributed by atoms with van der Waals surface area (Å²) in [5, 5.41) is 3.94. The molecule has 0 bridgehead atoms. The average molecular weight is 219 g/mol. The molecule has 0 aliphatic rings. The number of hydrogen-bond acceptors (Lipinski definition) is 2. The molecular weight excluding hydrogens is 209 g/mol. The van der Waals surface area contributed by atoms with E-state index in [2.05, 4.69) is 5.10 Å². The lowest BCUT2D eigenvalue weighted by atomic mass is 10.0. The van der Waals surface area contributed by atoms with Gasteiger partial charge < -0.3 is 5.73 Å². The van der Waals surface area contributed by atoms with Gasteiger partial charge in [-0.3, -0.25) is 9.48 Å². The molecule has 0 unspecified atom stereocenters. The van der Waals surface area contributed by atoms with Crippen LogP contribution in [0.3, 0.4) is 0 Å². The molecule has 0 saturated carbocycles. The molecule has 0 saturated heterocycles. The highest BCUT2D eigenvalue weighted by molar-refractivity contribution is 5.94. The quantitative estimate of drug-likeness (QED) is 0.828. The number of rotatable bonds is 2. The average Bonchev–Trinajstić information content (AvgIpc) is 2.64. The minimum Gasteiger partial charge on any atom is -0.366 e. The van der Waals surface area contributed by atoms with Crippen molar-refractivity contribution >= 4 is 5.91 Å². The van der Waals surface area contributed by atoms with Gasteiger partial charge >= 0.3 is 0 Å². The topological polar surface area (TPSA) is 60.9 Å². The zero-order chi connectivity index (χ0) is 11.7. The van der Waals surface area contributed by atoms with Crippen LogP contribution in [0.5, 0.6) is 0 Å². The summed E-state index contributed by atoms with van der Waals surface area (Å²) in [7, 11) is 1.74. The molecule has 0 radical (unpaired) electrons. The maximum atomic E-state index is 13.9. The molecule has 1 aromatic heterocycles. The molecule has 2 rings (SSSR count). The van der Waals surface area contributed by atoms with E-state index < -0.39 is 11.7 Å². The van der Waals surface area contributed by atoms with Gasteiger partial charge in [-0.05, 0) is 6.07 Å². The Hall–Kier alpha value is -2.17. The number of hydrogen-bond donors (Lipinski definition) is 1. The van der Waals surface area contributed by atoms with Gasteiger partial charge in [0.05, 0.1) is 11.8 Å². The highest BCUT2D eigenvalue weighted by atomic mass is 19.1. The van der Waals surface area contributed by atoms with Gasteiger partial charge in [0.2, 0.25) is 0 Å². The Morgan fingerprint density at radius 3 is 2.81 bits per heavy atom. The lowest BCUT2D eigenvalue weighted by molar-refractivity contribution is 0.0996. The standard InChI is InChI=1S/C11H10FN3O/c1-15-6-7(5-14-15)8-3-2-4-9(10(8)12)11(13)16/h2-6H,1H3,(H2,13,16). The van der Waals surface area contributed by atoms with Gasteiger partial charge in [0.1, 0.15) is 5.82 Å². The maximum Gasteiger partial charge on any atom is 0.251 e. The molecule has 1 amide bonds. The second-order valence-electron chi connectivity index (χ2n) is 3.43. The molecule has 0 aliphatic carbocycles. The second-order valence-corrected chi connectivity index (χ2v) is 3.43. The number of primary amides is 1. The fourth-order valence-electron chi connectivity index (χ4n) is 1.51. The van der Waals surface area contributed by atoms with Crippen LogP contribution in [-0.2, 0) is 7.05 Å². The molecule has 2 aromatic rings. The van der Waals surface area contributed by atoms with Crippen molar-refractivity contribution in [2.75, 3.05) is 0 Å². The van der Waals surface area contributed by atoms with Gasteiger partial charge in [-0.2, -0.15) is 5.10 Å². The fraction of sp³-hybridized carbons (Fsp3) is 0.0909. The lowest BCUT2D eigenvalue weighted by Gasteiger charge is -2.03. The molecule has 16 heavy (non-hydrogen) atoms. The molecule has 0 aliphatic heterocycles. The molecule has 0 fully saturated rings. The van der Waals surface area contributed by atoms with E-state index in [4.69, 9.17) is 5.73 Å². The van der Waals surface area contributed by atoms with Gasteiger partial charge in [-0.25, -0.2) is 4.39 Å². The third-order valence-electron chi connectivity index (χ3n) is 2.28. The van der Waals surface area contributed by atoms with Crippen molar-refractivity contribution in [2.24, 2.45) is 12.8 Å². The van der Waals surface area contributed by atoms with Crippen molar-refractivity contribution in [1.82, 2.24) is 9.78 Å². The summed E-state index contributed by atoms with van der Waals surface area (Å²) >= 11 is 0. The van der Waals surface area contributed by atoms with Crippen LogP contribution < -0.4 is 5.73 Å². The molecular formula is C11H10FN3O. The number of nitrogens with two attached hydrogens (primary N) is 1. The van der Waals surface area contributed by atoms with E-state index in [0.717, 1.165) is 0 Å². The molecule has 0 spiro atoms. The first-order valence-corrected chi connectivity index (χ1v) is 4.67. The van der Waals surface area contributed by atoms with Crippen LogP contribution in [0.4, 0.5) is 4.39 Å². The first-order chi connectivity index (χ1) is 7.59. The molecule has 0 atom stereocenters. The summed E-state index contributed by atoms with van der Waals surface area (Å²) in [6, 6.07) is 4.53. The number of halogens is 1. The zero-order valence-electron chi connectivity index (χ0n) is 8.64. The zero-order valence-corrected chi connectivity index (χ0v) is 8.64. The van der Waals surface area contributed by atoms with Crippen LogP contribution in [0.15, 0.2) is 30.6 Å². The van der Waals surface area contributed by atoms with E-state index in [1.807, 2.05) is 0 Å². The van der Waals surface area contributed by atoms with E-state index in [1.54, 1.807) is 30.1 Å². The summed E-state index contributed by atoms with van der Waals surface area (Å²) in [5.74, 6) is -1.38. The molecule has 1 heterocycles. The van der Waals surface area contributed by atoms with Gasteiger partial charge in [-0.15, -0.1) is 0 Å². The van der Waals surface area contributed by atoms with Crippen LogP contribution in [0, 0.1) is 5.82 Å². The second kappa shape index (κ2) is 3.77. The third-order valence-corrected chi connectivity index (χ3v) is 2.28. The molecule has 2 N–H and O–H groups in total. The Balaban J connectivity index is 2.58. The molecule has 4 nitrogen and oxygen atoms in total. The largest absolute Gasteiger partial charge is 0.366 e. The SMILES string of the molecule is Cn1cc(-c2cccc(C(N)=O)c2F)cn1. The van der Waals surface area contributed by atoms with Crippen molar-refractivity contribution in [3.05, 3.63) is 42.0 Å². The Morgan fingerprint density at radius 2 is 2.25 bits per heavy atom. The third kappa shape index (κ3) is 1.67. The number of nitrogens with zero attached hydrogens (tertiary/aromatic N) is 2. The predicted molar refractivity (Wildman–Crippen MR) is 57.1 cm³/mol. The molecule has 5 heteroatoms. The maximum absolute atomic E-state index is 13.9. The molecule has 1 aromatic carbocycles. The van der Waals surface area contributed by atoms with Gasteiger partial charge in [-0.1, -0.05) is 12.1 Å². The monoisotopic (exact) mass is 219 g/mol. The van der Waals surface area contributed by atoms with Crippen LogP contribution in [0.2, 0.25) is 0 Å². The normalized spacial score (nSPS) is 10.4. The smallest absolute Gasteiger partial charge is 0.251 e. The summed E-state index contributed by atoms with van der Waals surface area (Å²) in [6.07, 6.45) is 3.20. The summed E-state index contributed by atoms with van der Waals surface area (Å²) in [4.78, 5) is 11.0. The summed E-state index contributed by atoms with van der Waals surface area (Å²) in [5.41, 5.74) is 5.89. The Bertz CT molecular complexity index is 548. The van der Waals surface area contributed by atoms with Gasteiger partial charge in [0.25, 0.3) is 5.91 Å². The van der Waals surface area contributed by atoms with Crippen molar-refractivity contribution < 1.29 is 9.18 Å². The van der Waals surface area contributed by atoms with E-state index in [9.17, 15) is 9.18 Å². The van der Waals surface area contributed by atoms with Crippen LogP contribution in [0.1, 0.15) is 10.4 Å². The summed E-state index contributed by atoms with van der Waals surface area (Å²) in [6.45, 7) is 0. The first-order valence-electron chi connectivity index (χ1n) is 4.67. The number of amides is 1. The number of aromatic nitrogens is 2. The Kier molecular flexibility index (Phi) is 2.44. The van der Waals surface area contributed by atoms with Crippen molar-refractivity contribution in [2.45, 2.75) is 0 Å². The number of benzene rings is 1. The number of aryl methyl sites for hydroxylation is 1. The van der Waals surface area contributed by atoms with Gasteiger partial charge in [0, 0.05) is 24.4 Å². The van der Waals surface area contributed by atoms with Gasteiger partial charge in [0.15, 0.2) is 0 Å². The highest BCUT2D eigenvalue weighted by Crippen LogP contribution is 2.24. The number of carbonyl (C=O) groups is 1. The Morgan fingerprint density at radius 1 is 1.50 bits per heavy atom. The number of carbonyl (C=O) groups excluding carboxylic acids is 1. The predicted octanol–water partition coefficient (Wildman–Crippen LogP) is 1.33. The van der Waals surface area contributed by atoms with E-state index in [1.165, 1.54) is 12.3 Å². The van der Waals surface area contributed by atoms with Crippen LogP contribution in [-0.4, -0.2) is 15.7 Å². The van der Waals surface area contributed by atoms with Crippen LogP contribution in [0.25, 0.3) is 11.1 Å². The van der Waals surface area contributed by atoms with Crippen molar-refractivity contribution in [3.8, 4) is 11.1 Å². The first kappa shape index (κ1) is 10.4. The lowest BCUT2D eigenvalue weighted by Crippen LogP contribution is -2.13. The molecule has 82 valence electrons. The minimum atomic E-state index is -0.775. The minimum absolute atomic E-state index is 0.110. The summed E-state index contributed by atoms with van der Waals surface area (Å²) < 4.78 is 15.4. The fourth-order valence-corrected chi connectivity index (χ4v) is 1.51. The van der Waals surface area contributed by atoms with Crippen molar-refractivity contribution in [3.63, 3.8) is 0 Å². The van der Waals surface area contributed by atoms with Crippen molar-refractivity contribution in [1.29, 1.82) is 0 Å². The highest BCUT2D eigenvalue weighted by Gasteiger charge is 2.14. The van der Waals surface area contributed by atoms with E-state index in [0.29, 0.717) is 11.1 Å². The van der Waals surface area contributed by atoms with E-state index >= 15 is 0 Å². The van der Waals surface area contributed by atoms with Crippen LogP contribution >= 0.6 is 0 Å². The van der Waals surface area contributed by atoms with E-state index in [-0.39, 0.29) is 5.56 Å². The Labute approximate surface area is 91.5 Å².